The number of rotatable bonds is 0. The summed E-state index contributed by atoms with van der Waals surface area (Å²) in [5.41, 5.74) is 2.34. The van der Waals surface area contributed by atoms with Gasteiger partial charge >= 0.3 is 5.84 Å². The van der Waals surface area contributed by atoms with E-state index in [9.17, 15) is 0 Å². The van der Waals surface area contributed by atoms with Crippen LogP contribution in [0.25, 0.3) is 28.0 Å². The third-order valence-corrected chi connectivity index (χ3v) is 3.16. The monoisotopic (exact) mass is 242 g/mol. The molecule has 5 nitrogen and oxygen atoms in total. The van der Waals surface area contributed by atoms with Gasteiger partial charge in [-0.05, 0) is 12.1 Å². The summed E-state index contributed by atoms with van der Waals surface area (Å²) in [7, 11) is 0. The molecule has 0 aliphatic rings. The van der Waals surface area contributed by atoms with E-state index in [1.807, 2.05) is 28.7 Å². The van der Waals surface area contributed by atoms with Crippen molar-refractivity contribution in [2.24, 2.45) is 0 Å². The van der Waals surface area contributed by atoms with Gasteiger partial charge in [0.25, 0.3) is 0 Å². The zero-order valence-corrected chi connectivity index (χ0v) is 9.36. The van der Waals surface area contributed by atoms with E-state index in [4.69, 9.17) is 16.6 Å². The number of nitrogens with one attached hydrogen (secondary N) is 1. The lowest BCUT2D eigenvalue weighted by Gasteiger charge is -1.93. The molecule has 1 aromatic carbocycles. The number of aromatic nitrogens is 4. The Morgan fingerprint density at radius 1 is 1.29 bits per heavy atom. The minimum atomic E-state index is 0.480. The lowest BCUT2D eigenvalue weighted by Crippen LogP contribution is -1.90. The first-order valence-corrected chi connectivity index (χ1v) is 5.49. The van der Waals surface area contributed by atoms with Crippen LogP contribution < -0.4 is 0 Å². The Bertz CT molecular complexity index is 917. The lowest BCUT2D eigenvalue weighted by molar-refractivity contribution is 0.637. The molecule has 4 aromatic rings. The van der Waals surface area contributed by atoms with Gasteiger partial charge in [0.15, 0.2) is 11.2 Å². The molecule has 0 radical (unpaired) electrons. The Morgan fingerprint density at radius 2 is 2.18 bits per heavy atom. The van der Waals surface area contributed by atoms with E-state index in [0.717, 1.165) is 16.5 Å². The molecule has 82 valence electrons. The first-order valence-electron chi connectivity index (χ1n) is 5.08. The van der Waals surface area contributed by atoms with Crippen LogP contribution in [0.3, 0.4) is 0 Å². The van der Waals surface area contributed by atoms with Gasteiger partial charge < -0.3 is 4.42 Å². The molecule has 0 saturated heterocycles. The van der Waals surface area contributed by atoms with Crippen molar-refractivity contribution in [2.45, 2.75) is 0 Å². The second kappa shape index (κ2) is 2.92. The van der Waals surface area contributed by atoms with Gasteiger partial charge in [0.1, 0.15) is 4.64 Å². The summed E-state index contributed by atoms with van der Waals surface area (Å²) in [5, 5.41) is 7.55. The van der Waals surface area contributed by atoms with Gasteiger partial charge in [-0.2, -0.15) is 10.1 Å². The maximum Gasteiger partial charge on any atom is 0.309 e. The fraction of sp³-hybridized carbons (Fsp3) is 0. The van der Waals surface area contributed by atoms with Crippen LogP contribution in [0.5, 0.6) is 0 Å². The van der Waals surface area contributed by atoms with Gasteiger partial charge in [-0.3, -0.25) is 5.10 Å². The second-order valence-corrected chi connectivity index (χ2v) is 4.12. The van der Waals surface area contributed by atoms with Crippen molar-refractivity contribution in [2.75, 3.05) is 0 Å². The van der Waals surface area contributed by atoms with E-state index in [-0.39, 0.29) is 0 Å². The van der Waals surface area contributed by atoms with Crippen molar-refractivity contribution in [3.05, 3.63) is 35.1 Å². The summed E-state index contributed by atoms with van der Waals surface area (Å²) in [6.07, 6.45) is 1.68. The van der Waals surface area contributed by atoms with E-state index >= 15 is 0 Å². The third kappa shape index (κ3) is 1.05. The van der Waals surface area contributed by atoms with Crippen LogP contribution in [0.2, 0.25) is 0 Å². The topological polar surface area (TPSA) is 59.1 Å². The molecule has 0 aliphatic carbocycles. The minimum absolute atomic E-state index is 0.480. The maximum atomic E-state index is 5.65. The molecule has 1 N–H and O–H groups in total. The molecular weight excluding hydrogens is 236 g/mol. The highest BCUT2D eigenvalue weighted by molar-refractivity contribution is 7.71. The molecule has 0 saturated carbocycles. The lowest BCUT2D eigenvalue weighted by atomic mass is 10.3. The van der Waals surface area contributed by atoms with Gasteiger partial charge in [-0.25, -0.2) is 4.40 Å². The summed E-state index contributed by atoms with van der Waals surface area (Å²) in [5.74, 6) is 0.480. The van der Waals surface area contributed by atoms with Gasteiger partial charge in [-0.15, -0.1) is 0 Å². The fourth-order valence-electron chi connectivity index (χ4n) is 1.98. The molecular formula is C11H6N4OS. The normalized spacial score (nSPS) is 11.8. The maximum absolute atomic E-state index is 5.65. The predicted molar refractivity (Wildman–Crippen MR) is 65.4 cm³/mol. The Labute approximate surface area is 99.7 Å². The zero-order chi connectivity index (χ0) is 11.4. The molecule has 0 fully saturated rings. The average molecular weight is 242 g/mol. The van der Waals surface area contributed by atoms with Crippen LogP contribution >= 0.6 is 12.2 Å². The van der Waals surface area contributed by atoms with Gasteiger partial charge in [0.2, 0.25) is 0 Å². The van der Waals surface area contributed by atoms with Crippen LogP contribution in [0.4, 0.5) is 0 Å². The van der Waals surface area contributed by atoms with E-state index < -0.39 is 0 Å². The fourth-order valence-corrected chi connectivity index (χ4v) is 2.31. The predicted octanol–water partition coefficient (Wildman–Crippen LogP) is 2.69. The average Bonchev–Trinajstić information content (AvgIpc) is 2.92. The number of hydrogen-bond donors (Lipinski definition) is 1. The molecule has 0 unspecified atom stereocenters. The highest BCUT2D eigenvalue weighted by Gasteiger charge is 2.10. The van der Waals surface area contributed by atoms with Gasteiger partial charge in [-0.1, -0.05) is 24.4 Å². The summed E-state index contributed by atoms with van der Waals surface area (Å²) in [6, 6.07) is 7.71. The number of oxazole rings is 1. The number of hydrogen-bond acceptors (Lipinski definition) is 4. The SMILES string of the molecule is S=c1c2cn[nH]c2nc2oc3ccccc3n12. The minimum Gasteiger partial charge on any atom is -0.423 e. The van der Waals surface area contributed by atoms with E-state index in [2.05, 4.69) is 15.2 Å². The first-order chi connectivity index (χ1) is 8.34. The molecule has 0 atom stereocenters. The van der Waals surface area contributed by atoms with Crippen LogP contribution in [-0.4, -0.2) is 19.6 Å². The highest BCUT2D eigenvalue weighted by Crippen LogP contribution is 2.22. The van der Waals surface area contributed by atoms with Gasteiger partial charge in [0.05, 0.1) is 17.1 Å². The number of H-pyrrole nitrogens is 1. The molecule has 6 heteroatoms. The van der Waals surface area contributed by atoms with E-state index in [1.165, 1.54) is 0 Å². The molecule has 3 aromatic heterocycles. The van der Waals surface area contributed by atoms with Crippen molar-refractivity contribution in [1.82, 2.24) is 19.6 Å². The third-order valence-electron chi connectivity index (χ3n) is 2.76. The number of benzene rings is 1. The highest BCUT2D eigenvalue weighted by atomic mass is 32.1. The number of nitrogens with zero attached hydrogens (tertiary/aromatic N) is 3. The second-order valence-electron chi connectivity index (χ2n) is 3.74. The Morgan fingerprint density at radius 3 is 3.12 bits per heavy atom. The van der Waals surface area contributed by atoms with Crippen molar-refractivity contribution in [3.8, 4) is 0 Å². The Balaban J connectivity index is 2.42. The quantitative estimate of drug-likeness (QED) is 0.482. The van der Waals surface area contributed by atoms with Crippen LogP contribution in [0.1, 0.15) is 0 Å². The molecule has 0 aliphatic heterocycles. The van der Waals surface area contributed by atoms with Crippen molar-refractivity contribution in [1.29, 1.82) is 0 Å². The summed E-state index contributed by atoms with van der Waals surface area (Å²) >= 11 is 5.43. The number of fused-ring (bicyclic) bond motifs is 4. The van der Waals surface area contributed by atoms with Crippen LogP contribution in [0.15, 0.2) is 34.9 Å². The molecule has 4 rings (SSSR count). The molecule has 0 spiro atoms. The Kier molecular flexibility index (Phi) is 1.53. The standard InChI is InChI=1S/C11H6N4OS/c17-10-6-5-12-14-9(6)13-11-15(10)7-3-1-2-4-8(7)16-11/h1-5H,(H,12,14). The number of aromatic amines is 1. The molecule has 17 heavy (non-hydrogen) atoms. The largest absolute Gasteiger partial charge is 0.423 e. The van der Waals surface area contributed by atoms with Crippen LogP contribution in [0, 0.1) is 4.64 Å². The first kappa shape index (κ1) is 8.89. The molecule has 0 bridgehead atoms. The van der Waals surface area contributed by atoms with Crippen molar-refractivity contribution in [3.63, 3.8) is 0 Å². The van der Waals surface area contributed by atoms with E-state index in [1.54, 1.807) is 6.20 Å². The smallest absolute Gasteiger partial charge is 0.309 e. The van der Waals surface area contributed by atoms with E-state index in [0.29, 0.717) is 16.1 Å². The van der Waals surface area contributed by atoms with Crippen molar-refractivity contribution >= 4 is 40.2 Å². The zero-order valence-electron chi connectivity index (χ0n) is 8.54. The summed E-state index contributed by atoms with van der Waals surface area (Å²) < 4.78 is 8.13. The Hall–Kier alpha value is -2.21. The van der Waals surface area contributed by atoms with Crippen molar-refractivity contribution < 1.29 is 4.42 Å². The molecule has 0 amide bonds. The molecule has 3 heterocycles. The summed E-state index contributed by atoms with van der Waals surface area (Å²) in [4.78, 5) is 4.35. The number of para-hydroxylation sites is 2. The summed E-state index contributed by atoms with van der Waals surface area (Å²) in [6.45, 7) is 0. The van der Waals surface area contributed by atoms with Crippen LogP contribution in [-0.2, 0) is 0 Å². The van der Waals surface area contributed by atoms with Gasteiger partial charge in [0, 0.05) is 0 Å².